The van der Waals surface area contributed by atoms with Gasteiger partial charge in [-0.2, -0.15) is 0 Å². The normalized spacial score (nSPS) is 26.6. The quantitative estimate of drug-likeness (QED) is 0.728. The van der Waals surface area contributed by atoms with Gasteiger partial charge in [0.1, 0.15) is 6.04 Å². The summed E-state index contributed by atoms with van der Waals surface area (Å²) < 4.78 is 24.4. The first-order valence-electron chi connectivity index (χ1n) is 4.27. The lowest BCUT2D eigenvalue weighted by Crippen LogP contribution is -2.37. The molecule has 0 aromatic carbocycles. The summed E-state index contributed by atoms with van der Waals surface area (Å²) in [5.41, 5.74) is 0. The fourth-order valence-corrected chi connectivity index (χ4v) is 1.53. The van der Waals surface area contributed by atoms with Gasteiger partial charge in [0.2, 0.25) is 6.43 Å². The molecule has 0 amide bonds. The Kier molecular flexibility index (Phi) is 3.19. The number of hydrogen-bond donors (Lipinski definition) is 1. The fourth-order valence-electron chi connectivity index (χ4n) is 1.53. The van der Waals surface area contributed by atoms with Crippen molar-refractivity contribution in [3.8, 4) is 0 Å². The van der Waals surface area contributed by atoms with E-state index in [2.05, 4.69) is 0 Å². The molecule has 0 aliphatic carbocycles. The highest BCUT2D eigenvalue weighted by Gasteiger charge is 2.33. The van der Waals surface area contributed by atoms with Crippen LogP contribution < -0.4 is 0 Å². The largest absolute Gasteiger partial charge is 0.480 e. The van der Waals surface area contributed by atoms with Crippen LogP contribution in [0.2, 0.25) is 0 Å². The topological polar surface area (TPSA) is 40.5 Å². The minimum absolute atomic E-state index is 0.200. The minimum Gasteiger partial charge on any atom is -0.480 e. The van der Waals surface area contributed by atoms with Gasteiger partial charge >= 0.3 is 5.97 Å². The average Bonchev–Trinajstić information content (AvgIpc) is 2.50. The van der Waals surface area contributed by atoms with Gasteiger partial charge < -0.3 is 5.11 Å². The van der Waals surface area contributed by atoms with Crippen molar-refractivity contribution >= 4 is 5.97 Å². The van der Waals surface area contributed by atoms with E-state index in [4.69, 9.17) is 5.11 Å². The average molecular weight is 193 g/mol. The molecule has 1 aliphatic rings. The third-order valence-corrected chi connectivity index (χ3v) is 2.52. The number of rotatable bonds is 3. The van der Waals surface area contributed by atoms with Crippen LogP contribution in [-0.4, -0.2) is 41.5 Å². The van der Waals surface area contributed by atoms with E-state index in [0.29, 0.717) is 13.0 Å². The van der Waals surface area contributed by atoms with Gasteiger partial charge in [0.25, 0.3) is 0 Å². The molecule has 5 heteroatoms. The van der Waals surface area contributed by atoms with Gasteiger partial charge in [-0.15, -0.1) is 0 Å². The molecule has 3 nitrogen and oxygen atoms in total. The number of likely N-dealkylation sites (tertiary alicyclic amines) is 1. The van der Waals surface area contributed by atoms with E-state index >= 15 is 0 Å². The zero-order valence-corrected chi connectivity index (χ0v) is 7.41. The molecule has 2 atom stereocenters. The second-order valence-corrected chi connectivity index (χ2v) is 3.39. The van der Waals surface area contributed by atoms with Gasteiger partial charge in [-0.05, 0) is 19.9 Å². The first-order valence-corrected chi connectivity index (χ1v) is 4.27. The Morgan fingerprint density at radius 3 is 2.62 bits per heavy atom. The predicted molar refractivity (Wildman–Crippen MR) is 42.8 cm³/mol. The first-order chi connectivity index (χ1) is 6.02. The van der Waals surface area contributed by atoms with Crippen LogP contribution in [0.15, 0.2) is 0 Å². The Morgan fingerprint density at radius 2 is 2.23 bits per heavy atom. The summed E-state index contributed by atoms with van der Waals surface area (Å²) in [5, 5.41) is 8.64. The summed E-state index contributed by atoms with van der Waals surface area (Å²) in [6.07, 6.45) is -1.93. The third kappa shape index (κ3) is 2.37. The van der Waals surface area contributed by atoms with Crippen molar-refractivity contribution in [2.75, 3.05) is 13.1 Å². The summed E-state index contributed by atoms with van der Waals surface area (Å²) >= 11 is 0. The monoisotopic (exact) mass is 193 g/mol. The van der Waals surface area contributed by atoms with Gasteiger partial charge in [-0.25, -0.2) is 8.78 Å². The minimum atomic E-state index is -2.33. The Bertz CT molecular complexity index is 199. The number of hydrogen-bond acceptors (Lipinski definition) is 2. The Balaban J connectivity index is 2.45. The lowest BCUT2D eigenvalue weighted by Gasteiger charge is -2.20. The van der Waals surface area contributed by atoms with Crippen molar-refractivity contribution in [1.29, 1.82) is 0 Å². The van der Waals surface area contributed by atoms with E-state index in [9.17, 15) is 13.6 Å². The van der Waals surface area contributed by atoms with Gasteiger partial charge in [0.15, 0.2) is 0 Å². The predicted octanol–water partition coefficient (Wildman–Crippen LogP) is 1.05. The van der Waals surface area contributed by atoms with Crippen LogP contribution in [0.4, 0.5) is 8.78 Å². The van der Waals surface area contributed by atoms with Crippen LogP contribution in [-0.2, 0) is 4.79 Å². The summed E-state index contributed by atoms with van der Waals surface area (Å²) in [6.45, 7) is 2.18. The number of carboxylic acids is 1. The molecule has 1 saturated heterocycles. The van der Waals surface area contributed by atoms with Crippen molar-refractivity contribution in [3.63, 3.8) is 0 Å². The molecule has 1 N–H and O–H groups in total. The molecule has 0 unspecified atom stereocenters. The van der Waals surface area contributed by atoms with Gasteiger partial charge in [0, 0.05) is 12.5 Å². The molecular weight excluding hydrogens is 180 g/mol. The zero-order valence-electron chi connectivity index (χ0n) is 7.41. The summed E-state index contributed by atoms with van der Waals surface area (Å²) in [6, 6.07) is -0.649. The van der Waals surface area contributed by atoms with E-state index in [1.165, 1.54) is 6.92 Å². The van der Waals surface area contributed by atoms with Crippen LogP contribution in [0.1, 0.15) is 13.3 Å². The van der Waals surface area contributed by atoms with Crippen molar-refractivity contribution < 1.29 is 18.7 Å². The number of carbonyl (C=O) groups is 1. The SMILES string of the molecule is C[C@@H](C(=O)O)N1CC[C@H](C(F)F)C1. The standard InChI is InChI=1S/C8H13F2NO2/c1-5(8(12)13)11-3-2-6(4-11)7(9)10/h5-7H,2-4H2,1H3,(H,12,13)/t5-,6-/m0/s1. The third-order valence-electron chi connectivity index (χ3n) is 2.52. The Morgan fingerprint density at radius 1 is 1.62 bits per heavy atom. The van der Waals surface area contributed by atoms with Gasteiger partial charge in [0.05, 0.1) is 0 Å². The van der Waals surface area contributed by atoms with Crippen LogP contribution in [0.3, 0.4) is 0 Å². The summed E-state index contributed by atoms with van der Waals surface area (Å²) in [5.74, 6) is -1.60. The van der Waals surface area contributed by atoms with E-state index < -0.39 is 24.4 Å². The molecule has 0 aromatic heterocycles. The number of aliphatic carboxylic acids is 1. The zero-order chi connectivity index (χ0) is 10.0. The van der Waals surface area contributed by atoms with E-state index in [-0.39, 0.29) is 6.54 Å². The van der Waals surface area contributed by atoms with Crippen LogP contribution in [0, 0.1) is 5.92 Å². The molecule has 13 heavy (non-hydrogen) atoms. The molecule has 0 bridgehead atoms. The van der Waals surface area contributed by atoms with Crippen LogP contribution >= 0.6 is 0 Å². The van der Waals surface area contributed by atoms with Gasteiger partial charge in [-0.1, -0.05) is 0 Å². The van der Waals surface area contributed by atoms with Crippen molar-refractivity contribution in [2.45, 2.75) is 25.8 Å². The molecule has 1 rings (SSSR count). The maximum absolute atomic E-state index is 12.2. The molecule has 0 saturated carbocycles. The second-order valence-electron chi connectivity index (χ2n) is 3.39. The Labute approximate surface area is 75.3 Å². The molecule has 1 heterocycles. The summed E-state index contributed by atoms with van der Waals surface area (Å²) in [4.78, 5) is 12.1. The number of halogens is 2. The number of alkyl halides is 2. The lowest BCUT2D eigenvalue weighted by molar-refractivity contribution is -0.142. The molecule has 0 aromatic rings. The number of carboxylic acid groups (broad SMARTS) is 1. The van der Waals surface area contributed by atoms with Crippen molar-refractivity contribution in [1.82, 2.24) is 4.90 Å². The van der Waals surface area contributed by atoms with Crippen molar-refractivity contribution in [3.05, 3.63) is 0 Å². The molecule has 0 spiro atoms. The second kappa shape index (κ2) is 4.00. The maximum Gasteiger partial charge on any atom is 0.320 e. The smallest absolute Gasteiger partial charge is 0.320 e. The number of nitrogens with zero attached hydrogens (tertiary/aromatic N) is 1. The highest BCUT2D eigenvalue weighted by atomic mass is 19.3. The van der Waals surface area contributed by atoms with E-state index in [0.717, 1.165) is 0 Å². The first kappa shape index (κ1) is 10.4. The lowest BCUT2D eigenvalue weighted by atomic mass is 10.1. The highest BCUT2D eigenvalue weighted by molar-refractivity contribution is 5.72. The Hall–Kier alpha value is -0.710. The molecule has 1 fully saturated rings. The highest BCUT2D eigenvalue weighted by Crippen LogP contribution is 2.24. The van der Waals surface area contributed by atoms with E-state index in [1.54, 1.807) is 4.90 Å². The molecule has 1 aliphatic heterocycles. The van der Waals surface area contributed by atoms with Crippen LogP contribution in [0.5, 0.6) is 0 Å². The maximum atomic E-state index is 12.2. The van der Waals surface area contributed by atoms with E-state index in [1.807, 2.05) is 0 Å². The molecule has 0 radical (unpaired) electrons. The van der Waals surface area contributed by atoms with Crippen molar-refractivity contribution in [2.24, 2.45) is 5.92 Å². The summed E-state index contributed by atoms with van der Waals surface area (Å²) in [7, 11) is 0. The molecular formula is C8H13F2NO2. The fraction of sp³-hybridized carbons (Fsp3) is 0.875. The molecule has 76 valence electrons. The van der Waals surface area contributed by atoms with Gasteiger partial charge in [-0.3, -0.25) is 9.69 Å². The van der Waals surface area contributed by atoms with Crippen LogP contribution in [0.25, 0.3) is 0 Å².